The maximum absolute atomic E-state index is 11.8. The fraction of sp³-hybridized carbons (Fsp3) is 0.562. The predicted octanol–water partition coefficient (Wildman–Crippen LogP) is 2.95. The van der Waals surface area contributed by atoms with Gasteiger partial charge in [0.25, 0.3) is 0 Å². The number of hydrogen-bond acceptors (Lipinski definition) is 3. The minimum absolute atomic E-state index is 0.117. The molecule has 2 rings (SSSR count). The molecule has 2 atom stereocenters. The Morgan fingerprint density at radius 3 is 2.58 bits per heavy atom. The van der Waals surface area contributed by atoms with Gasteiger partial charge in [0.2, 0.25) is 0 Å². The summed E-state index contributed by atoms with van der Waals surface area (Å²) in [5, 5.41) is 0. The first-order chi connectivity index (χ1) is 9.14. The highest BCUT2D eigenvalue weighted by Gasteiger charge is 2.48. The lowest BCUT2D eigenvalue weighted by atomic mass is 9.87. The number of ether oxygens (including phenoxy) is 1. The van der Waals surface area contributed by atoms with E-state index < -0.39 is 5.60 Å². The molecule has 0 spiro atoms. The minimum Gasteiger partial charge on any atom is -0.452 e. The van der Waals surface area contributed by atoms with E-state index in [-0.39, 0.29) is 12.0 Å². The molecule has 3 heteroatoms. The third-order valence-electron chi connectivity index (χ3n) is 4.25. The zero-order chi connectivity index (χ0) is 13.9. The normalized spacial score (nSPS) is 27.4. The molecule has 0 bridgehead atoms. The summed E-state index contributed by atoms with van der Waals surface area (Å²) in [4.78, 5) is 14.2. The highest BCUT2D eigenvalue weighted by molar-refractivity contribution is 5.70. The molecule has 0 radical (unpaired) electrons. The lowest BCUT2D eigenvalue weighted by Gasteiger charge is -2.36. The molecule has 1 aromatic carbocycles. The van der Waals surface area contributed by atoms with Crippen LogP contribution in [0.15, 0.2) is 30.3 Å². The molecule has 19 heavy (non-hydrogen) atoms. The molecule has 1 fully saturated rings. The van der Waals surface area contributed by atoms with Crippen LogP contribution in [0.5, 0.6) is 0 Å². The Kier molecular flexibility index (Phi) is 4.25. The standard InChI is InChI=1S/C16H23NO2/c1-4-15(18)19-16(14-9-7-6-8-10-14)11-12-17(5-2)13(16)3/h6-10,13H,4-5,11-12H2,1-3H3/t13-,16+/m0/s1. The largest absolute Gasteiger partial charge is 0.452 e. The van der Waals surface area contributed by atoms with Crippen LogP contribution in [-0.2, 0) is 15.1 Å². The van der Waals surface area contributed by atoms with Crippen LogP contribution in [0.4, 0.5) is 0 Å². The summed E-state index contributed by atoms with van der Waals surface area (Å²) in [7, 11) is 0. The van der Waals surface area contributed by atoms with Crippen molar-refractivity contribution in [1.82, 2.24) is 4.90 Å². The van der Waals surface area contributed by atoms with E-state index in [4.69, 9.17) is 4.74 Å². The number of carbonyl (C=O) groups excluding carboxylic acids is 1. The van der Waals surface area contributed by atoms with Crippen molar-refractivity contribution in [3.8, 4) is 0 Å². The van der Waals surface area contributed by atoms with E-state index in [1.165, 1.54) is 0 Å². The van der Waals surface area contributed by atoms with Crippen LogP contribution in [-0.4, -0.2) is 30.0 Å². The van der Waals surface area contributed by atoms with Gasteiger partial charge < -0.3 is 4.74 Å². The van der Waals surface area contributed by atoms with Crippen LogP contribution in [0.2, 0.25) is 0 Å². The molecular formula is C16H23NO2. The van der Waals surface area contributed by atoms with Crippen molar-refractivity contribution < 1.29 is 9.53 Å². The average Bonchev–Trinajstić information content (AvgIpc) is 2.77. The second-order valence-corrected chi connectivity index (χ2v) is 5.14. The Morgan fingerprint density at radius 1 is 1.37 bits per heavy atom. The molecule has 1 aliphatic rings. The van der Waals surface area contributed by atoms with Gasteiger partial charge in [-0.3, -0.25) is 9.69 Å². The molecule has 0 aromatic heterocycles. The lowest BCUT2D eigenvalue weighted by molar-refractivity contribution is -0.163. The Bertz CT molecular complexity index is 432. The van der Waals surface area contributed by atoms with Crippen LogP contribution in [0.25, 0.3) is 0 Å². The first-order valence-electron chi connectivity index (χ1n) is 7.15. The van der Waals surface area contributed by atoms with Crippen LogP contribution in [0, 0.1) is 0 Å². The third kappa shape index (κ3) is 2.52. The van der Waals surface area contributed by atoms with Crippen molar-refractivity contribution in [2.24, 2.45) is 0 Å². The molecule has 0 aliphatic carbocycles. The van der Waals surface area contributed by atoms with Crippen molar-refractivity contribution in [3.05, 3.63) is 35.9 Å². The fourth-order valence-electron chi connectivity index (χ4n) is 3.02. The Hall–Kier alpha value is -1.35. The summed E-state index contributed by atoms with van der Waals surface area (Å²) in [6, 6.07) is 10.4. The van der Waals surface area contributed by atoms with Crippen LogP contribution in [0.3, 0.4) is 0 Å². The number of hydrogen-bond donors (Lipinski definition) is 0. The molecule has 1 aromatic rings. The van der Waals surface area contributed by atoms with E-state index in [9.17, 15) is 4.79 Å². The monoisotopic (exact) mass is 261 g/mol. The number of esters is 1. The zero-order valence-corrected chi connectivity index (χ0v) is 12.1. The van der Waals surface area contributed by atoms with Crippen molar-refractivity contribution >= 4 is 5.97 Å². The predicted molar refractivity (Wildman–Crippen MR) is 75.8 cm³/mol. The Balaban J connectivity index is 2.37. The fourth-order valence-corrected chi connectivity index (χ4v) is 3.02. The summed E-state index contributed by atoms with van der Waals surface area (Å²) in [6.07, 6.45) is 1.30. The molecule has 1 heterocycles. The van der Waals surface area contributed by atoms with Gasteiger partial charge >= 0.3 is 5.97 Å². The van der Waals surface area contributed by atoms with Gasteiger partial charge in [0.05, 0.1) is 6.04 Å². The topological polar surface area (TPSA) is 29.5 Å². The number of benzene rings is 1. The first-order valence-corrected chi connectivity index (χ1v) is 7.15. The van der Waals surface area contributed by atoms with Gasteiger partial charge in [0, 0.05) is 19.4 Å². The summed E-state index contributed by atoms with van der Waals surface area (Å²) < 4.78 is 5.90. The van der Waals surface area contributed by atoms with Gasteiger partial charge in [-0.05, 0) is 19.0 Å². The molecular weight excluding hydrogens is 238 g/mol. The number of nitrogens with zero attached hydrogens (tertiary/aromatic N) is 1. The van der Waals surface area contributed by atoms with Gasteiger partial charge in [-0.25, -0.2) is 0 Å². The van der Waals surface area contributed by atoms with E-state index >= 15 is 0 Å². The van der Waals surface area contributed by atoms with Crippen LogP contribution in [0.1, 0.15) is 39.2 Å². The zero-order valence-electron chi connectivity index (χ0n) is 12.1. The van der Waals surface area contributed by atoms with Crippen molar-refractivity contribution in [3.63, 3.8) is 0 Å². The first kappa shape index (κ1) is 14.1. The summed E-state index contributed by atoms with van der Waals surface area (Å²) in [6.45, 7) is 8.12. The minimum atomic E-state index is -0.482. The molecule has 1 aliphatic heterocycles. The number of carbonyl (C=O) groups is 1. The van der Waals surface area contributed by atoms with Gasteiger partial charge in [-0.2, -0.15) is 0 Å². The van der Waals surface area contributed by atoms with E-state index in [1.807, 2.05) is 25.1 Å². The average molecular weight is 261 g/mol. The van der Waals surface area contributed by atoms with Crippen LogP contribution < -0.4 is 0 Å². The number of likely N-dealkylation sites (N-methyl/N-ethyl adjacent to an activating group) is 1. The Morgan fingerprint density at radius 2 is 2.05 bits per heavy atom. The van der Waals surface area contributed by atoms with Gasteiger partial charge in [0.15, 0.2) is 5.60 Å². The van der Waals surface area contributed by atoms with E-state index in [1.54, 1.807) is 0 Å². The molecule has 0 saturated carbocycles. The van der Waals surface area contributed by atoms with Gasteiger partial charge in [-0.1, -0.05) is 44.2 Å². The van der Waals surface area contributed by atoms with Crippen molar-refractivity contribution in [1.29, 1.82) is 0 Å². The van der Waals surface area contributed by atoms with Gasteiger partial charge in [0.1, 0.15) is 0 Å². The van der Waals surface area contributed by atoms with E-state index in [0.29, 0.717) is 6.42 Å². The van der Waals surface area contributed by atoms with Crippen molar-refractivity contribution in [2.75, 3.05) is 13.1 Å². The molecule has 104 valence electrons. The van der Waals surface area contributed by atoms with E-state index in [0.717, 1.165) is 25.1 Å². The number of rotatable bonds is 4. The highest BCUT2D eigenvalue weighted by atomic mass is 16.6. The second kappa shape index (κ2) is 5.74. The smallest absolute Gasteiger partial charge is 0.306 e. The lowest BCUT2D eigenvalue weighted by Crippen LogP contribution is -2.43. The second-order valence-electron chi connectivity index (χ2n) is 5.14. The molecule has 1 saturated heterocycles. The Labute approximate surface area is 115 Å². The highest BCUT2D eigenvalue weighted by Crippen LogP contribution is 2.41. The number of likely N-dealkylation sites (tertiary alicyclic amines) is 1. The maximum atomic E-state index is 11.8. The van der Waals surface area contributed by atoms with Crippen LogP contribution >= 0.6 is 0 Å². The maximum Gasteiger partial charge on any atom is 0.306 e. The molecule has 0 N–H and O–H groups in total. The van der Waals surface area contributed by atoms with Crippen molar-refractivity contribution in [2.45, 2.75) is 45.3 Å². The summed E-state index contributed by atoms with van der Waals surface area (Å²) in [5.74, 6) is -0.117. The molecule has 0 amide bonds. The van der Waals surface area contributed by atoms with Gasteiger partial charge in [-0.15, -0.1) is 0 Å². The SMILES string of the molecule is CCC(=O)O[C@]1(c2ccccc2)CCN(CC)[C@H]1C. The molecule has 3 nitrogen and oxygen atoms in total. The quantitative estimate of drug-likeness (QED) is 0.780. The third-order valence-corrected chi connectivity index (χ3v) is 4.25. The van der Waals surface area contributed by atoms with E-state index in [2.05, 4.69) is 30.9 Å². The summed E-state index contributed by atoms with van der Waals surface area (Å²) in [5.41, 5.74) is 0.630. The molecule has 0 unspecified atom stereocenters. The summed E-state index contributed by atoms with van der Waals surface area (Å²) >= 11 is 0.